The molecule has 9 heteroatoms. The summed E-state index contributed by atoms with van der Waals surface area (Å²) in [5.74, 6) is 1.23. The second-order valence-corrected chi connectivity index (χ2v) is 6.80. The van der Waals surface area contributed by atoms with E-state index in [4.69, 9.17) is 4.52 Å². The lowest BCUT2D eigenvalue weighted by Gasteiger charge is -2.35. The first kappa shape index (κ1) is 23.2. The Bertz CT molecular complexity index is 536. The first-order valence-corrected chi connectivity index (χ1v) is 8.98. The van der Waals surface area contributed by atoms with Crippen molar-refractivity contribution in [3.8, 4) is 0 Å². The minimum atomic E-state index is 0. The van der Waals surface area contributed by atoms with Crippen LogP contribution in [0, 0.1) is 13.8 Å². The van der Waals surface area contributed by atoms with Gasteiger partial charge in [0.25, 0.3) is 0 Å². The predicted octanol–water partition coefficient (Wildman–Crippen LogP) is 1.07. The SMILES string of the molecule is Cc1noc(C)c1CN1CCN(CCC(=O)N2CCNCC2)CC1.Cl.Cl. The molecular weight excluding hydrogens is 377 g/mol. The van der Waals surface area contributed by atoms with Crippen LogP contribution < -0.4 is 5.32 Å². The third-order valence-electron chi connectivity index (χ3n) is 5.14. The second kappa shape index (κ2) is 11.1. The van der Waals surface area contributed by atoms with E-state index in [1.54, 1.807) is 0 Å². The van der Waals surface area contributed by atoms with Gasteiger partial charge in [0.2, 0.25) is 5.91 Å². The number of piperazine rings is 2. The van der Waals surface area contributed by atoms with Crippen molar-refractivity contribution >= 4 is 30.7 Å². The Morgan fingerprint density at radius 1 is 1.04 bits per heavy atom. The number of halogens is 2. The van der Waals surface area contributed by atoms with E-state index in [1.807, 2.05) is 18.7 Å². The van der Waals surface area contributed by atoms with Crippen molar-refractivity contribution in [3.05, 3.63) is 17.0 Å². The Hall–Kier alpha value is -0.860. The van der Waals surface area contributed by atoms with Gasteiger partial charge in [0.15, 0.2) is 0 Å². The zero-order valence-corrected chi connectivity index (χ0v) is 17.3. The van der Waals surface area contributed by atoms with Crippen LogP contribution in [-0.4, -0.2) is 84.7 Å². The fourth-order valence-corrected chi connectivity index (χ4v) is 3.45. The van der Waals surface area contributed by atoms with Crippen molar-refractivity contribution in [1.82, 2.24) is 25.2 Å². The summed E-state index contributed by atoms with van der Waals surface area (Å²) in [7, 11) is 0. The van der Waals surface area contributed by atoms with Gasteiger partial charge in [-0.15, -0.1) is 24.8 Å². The first-order chi connectivity index (χ1) is 11.6. The number of hydrogen-bond donors (Lipinski definition) is 1. The highest BCUT2D eigenvalue weighted by molar-refractivity contribution is 5.85. The van der Waals surface area contributed by atoms with E-state index in [2.05, 4.69) is 20.3 Å². The molecule has 0 aliphatic carbocycles. The number of nitrogens with zero attached hydrogens (tertiary/aromatic N) is 4. The van der Waals surface area contributed by atoms with Gasteiger partial charge in [-0.2, -0.15) is 0 Å². The molecule has 2 fully saturated rings. The van der Waals surface area contributed by atoms with Crippen molar-refractivity contribution < 1.29 is 9.32 Å². The third-order valence-corrected chi connectivity index (χ3v) is 5.14. The van der Waals surface area contributed by atoms with E-state index in [0.29, 0.717) is 12.3 Å². The van der Waals surface area contributed by atoms with Gasteiger partial charge < -0.3 is 19.6 Å². The van der Waals surface area contributed by atoms with Crippen molar-refractivity contribution in [2.75, 3.05) is 58.9 Å². The molecule has 0 radical (unpaired) electrons. The molecule has 3 heterocycles. The highest BCUT2D eigenvalue weighted by Gasteiger charge is 2.21. The van der Waals surface area contributed by atoms with Gasteiger partial charge in [-0.1, -0.05) is 5.16 Å². The lowest BCUT2D eigenvalue weighted by Crippen LogP contribution is -2.49. The molecule has 0 unspecified atom stereocenters. The Morgan fingerprint density at radius 3 is 2.23 bits per heavy atom. The monoisotopic (exact) mass is 407 g/mol. The van der Waals surface area contributed by atoms with Crippen molar-refractivity contribution in [2.45, 2.75) is 26.8 Å². The fraction of sp³-hybridized carbons (Fsp3) is 0.765. The number of hydrogen-bond acceptors (Lipinski definition) is 6. The van der Waals surface area contributed by atoms with Gasteiger partial charge in [0.1, 0.15) is 5.76 Å². The number of carbonyl (C=O) groups is 1. The molecule has 2 aliphatic heterocycles. The van der Waals surface area contributed by atoms with Crippen LogP contribution in [0.15, 0.2) is 4.52 Å². The van der Waals surface area contributed by atoms with Gasteiger partial charge >= 0.3 is 0 Å². The Labute approximate surface area is 168 Å². The van der Waals surface area contributed by atoms with Crippen LogP contribution in [0.5, 0.6) is 0 Å². The summed E-state index contributed by atoms with van der Waals surface area (Å²) < 4.78 is 5.25. The maximum atomic E-state index is 12.2. The smallest absolute Gasteiger partial charge is 0.223 e. The van der Waals surface area contributed by atoms with Gasteiger partial charge in [-0.3, -0.25) is 9.69 Å². The molecule has 1 aromatic rings. The highest BCUT2D eigenvalue weighted by Crippen LogP contribution is 2.16. The largest absolute Gasteiger partial charge is 0.361 e. The molecule has 26 heavy (non-hydrogen) atoms. The Kier molecular flexibility index (Phi) is 9.89. The van der Waals surface area contributed by atoms with E-state index in [9.17, 15) is 4.79 Å². The summed E-state index contributed by atoms with van der Waals surface area (Å²) in [6.45, 7) is 13.4. The van der Waals surface area contributed by atoms with E-state index >= 15 is 0 Å². The lowest BCUT2D eigenvalue weighted by atomic mass is 10.1. The number of aryl methyl sites for hydroxylation is 2. The van der Waals surface area contributed by atoms with Gasteiger partial charge in [-0.25, -0.2) is 0 Å². The average molecular weight is 408 g/mol. The molecule has 3 rings (SSSR count). The molecular formula is C17H31Cl2N5O2. The van der Waals surface area contributed by atoms with E-state index < -0.39 is 0 Å². The molecule has 0 atom stereocenters. The maximum absolute atomic E-state index is 12.2. The van der Waals surface area contributed by atoms with Gasteiger partial charge in [0, 0.05) is 77.4 Å². The van der Waals surface area contributed by atoms with E-state index in [0.717, 1.165) is 76.9 Å². The van der Waals surface area contributed by atoms with Crippen LogP contribution in [0.3, 0.4) is 0 Å². The fourth-order valence-electron chi connectivity index (χ4n) is 3.45. The van der Waals surface area contributed by atoms with E-state index in [-0.39, 0.29) is 24.8 Å². The molecule has 0 spiro atoms. The van der Waals surface area contributed by atoms with Crippen LogP contribution >= 0.6 is 24.8 Å². The minimum absolute atomic E-state index is 0. The molecule has 1 N–H and O–H groups in total. The number of aromatic nitrogens is 1. The molecule has 0 aromatic carbocycles. The number of carbonyl (C=O) groups excluding carboxylic acids is 1. The normalized spacial score (nSPS) is 18.9. The maximum Gasteiger partial charge on any atom is 0.223 e. The molecule has 150 valence electrons. The molecule has 2 aliphatic rings. The van der Waals surface area contributed by atoms with Crippen LogP contribution in [-0.2, 0) is 11.3 Å². The zero-order valence-electron chi connectivity index (χ0n) is 15.7. The molecule has 7 nitrogen and oxygen atoms in total. The van der Waals surface area contributed by atoms with Crippen LogP contribution in [0.1, 0.15) is 23.4 Å². The zero-order chi connectivity index (χ0) is 16.9. The molecule has 0 saturated carbocycles. The lowest BCUT2D eigenvalue weighted by molar-refractivity contribution is -0.132. The summed E-state index contributed by atoms with van der Waals surface area (Å²) >= 11 is 0. The summed E-state index contributed by atoms with van der Waals surface area (Å²) in [6.07, 6.45) is 0.643. The van der Waals surface area contributed by atoms with Gasteiger partial charge in [-0.05, 0) is 13.8 Å². The standard InChI is InChI=1S/C17H29N5O2.2ClH/c1-14-16(15(2)24-19-14)13-21-11-9-20(10-12-21)6-3-17(23)22-7-4-18-5-8-22;;/h18H,3-13H2,1-2H3;2*1H. The molecule has 1 amide bonds. The topological polar surface area (TPSA) is 64.9 Å². The molecule has 1 aromatic heterocycles. The second-order valence-electron chi connectivity index (χ2n) is 6.80. The molecule has 0 bridgehead atoms. The average Bonchev–Trinajstić information content (AvgIpc) is 2.93. The summed E-state index contributed by atoms with van der Waals surface area (Å²) in [6, 6.07) is 0. The number of nitrogens with one attached hydrogen (secondary N) is 1. The third kappa shape index (κ3) is 6.09. The summed E-state index contributed by atoms with van der Waals surface area (Å²) in [4.78, 5) is 19.1. The summed E-state index contributed by atoms with van der Waals surface area (Å²) in [5.41, 5.74) is 2.22. The quantitative estimate of drug-likeness (QED) is 0.787. The Morgan fingerprint density at radius 2 is 1.65 bits per heavy atom. The van der Waals surface area contributed by atoms with Crippen LogP contribution in [0.25, 0.3) is 0 Å². The highest BCUT2D eigenvalue weighted by atomic mass is 35.5. The van der Waals surface area contributed by atoms with Crippen molar-refractivity contribution in [3.63, 3.8) is 0 Å². The minimum Gasteiger partial charge on any atom is -0.361 e. The van der Waals surface area contributed by atoms with Crippen molar-refractivity contribution in [1.29, 1.82) is 0 Å². The van der Waals surface area contributed by atoms with Gasteiger partial charge in [0.05, 0.1) is 5.69 Å². The number of amides is 1. The predicted molar refractivity (Wildman–Crippen MR) is 106 cm³/mol. The van der Waals surface area contributed by atoms with Crippen LogP contribution in [0.4, 0.5) is 0 Å². The summed E-state index contributed by atoms with van der Waals surface area (Å²) in [5, 5.41) is 7.32. The number of rotatable bonds is 5. The van der Waals surface area contributed by atoms with Crippen molar-refractivity contribution in [2.24, 2.45) is 0 Å². The van der Waals surface area contributed by atoms with E-state index in [1.165, 1.54) is 5.56 Å². The first-order valence-electron chi connectivity index (χ1n) is 8.98. The van der Waals surface area contributed by atoms with Crippen LogP contribution in [0.2, 0.25) is 0 Å². The molecule has 2 saturated heterocycles. The Balaban J connectivity index is 0.00000169.